The predicted molar refractivity (Wildman–Crippen MR) is 55.3 cm³/mol. The summed E-state index contributed by atoms with van der Waals surface area (Å²) in [7, 11) is 1.60. The van der Waals surface area contributed by atoms with E-state index in [1.54, 1.807) is 19.4 Å². The van der Waals surface area contributed by atoms with E-state index in [0.29, 0.717) is 12.0 Å². The highest BCUT2D eigenvalue weighted by Gasteiger charge is 2.18. The summed E-state index contributed by atoms with van der Waals surface area (Å²) in [6.45, 7) is 1.85. The van der Waals surface area contributed by atoms with Crippen molar-refractivity contribution < 1.29 is 9.47 Å². The molecule has 1 fully saturated rings. The van der Waals surface area contributed by atoms with Crippen molar-refractivity contribution in [1.29, 1.82) is 0 Å². The summed E-state index contributed by atoms with van der Waals surface area (Å²) in [5.41, 5.74) is 0. The van der Waals surface area contributed by atoms with E-state index < -0.39 is 0 Å². The zero-order valence-electron chi connectivity index (χ0n) is 7.90. The number of pyridine rings is 1. The molecule has 0 amide bonds. The van der Waals surface area contributed by atoms with E-state index >= 15 is 0 Å². The van der Waals surface area contributed by atoms with Gasteiger partial charge in [-0.1, -0.05) is 0 Å². The highest BCUT2D eigenvalue weighted by molar-refractivity contribution is 5.85. The second-order valence-corrected chi connectivity index (χ2v) is 2.93. The van der Waals surface area contributed by atoms with Gasteiger partial charge in [-0.15, -0.1) is 12.4 Å². The first-order valence-electron chi connectivity index (χ1n) is 4.26. The Morgan fingerprint density at radius 1 is 1.43 bits per heavy atom. The molecule has 0 spiro atoms. The monoisotopic (exact) mass is 216 g/mol. The van der Waals surface area contributed by atoms with Crippen molar-refractivity contribution in [3.63, 3.8) is 0 Å². The zero-order chi connectivity index (χ0) is 9.10. The Morgan fingerprint density at radius 2 is 2.21 bits per heavy atom. The normalized spacial score (nSPS) is 15.2. The number of halogens is 1. The average Bonchev–Trinajstić information content (AvgIpc) is 2.12. The van der Waals surface area contributed by atoms with Crippen LogP contribution in [0.25, 0.3) is 0 Å². The van der Waals surface area contributed by atoms with Gasteiger partial charge in [0.25, 0.3) is 0 Å². The number of aromatic nitrogens is 1. The molecule has 0 unspecified atom stereocenters. The van der Waals surface area contributed by atoms with Crippen LogP contribution in [-0.4, -0.2) is 31.3 Å². The molecule has 0 atom stereocenters. The third kappa shape index (κ3) is 2.49. The molecule has 4 nitrogen and oxygen atoms in total. The van der Waals surface area contributed by atoms with E-state index in [0.717, 1.165) is 18.8 Å². The molecule has 0 bridgehead atoms. The van der Waals surface area contributed by atoms with Crippen LogP contribution in [0.5, 0.6) is 11.6 Å². The van der Waals surface area contributed by atoms with Gasteiger partial charge in [0, 0.05) is 19.2 Å². The third-order valence-electron chi connectivity index (χ3n) is 1.97. The van der Waals surface area contributed by atoms with E-state index in [1.807, 2.05) is 6.07 Å². The van der Waals surface area contributed by atoms with Crippen LogP contribution in [0.3, 0.4) is 0 Å². The Balaban J connectivity index is 0.000000980. The first kappa shape index (κ1) is 11.1. The molecule has 2 rings (SSSR count). The third-order valence-corrected chi connectivity index (χ3v) is 1.97. The van der Waals surface area contributed by atoms with Crippen LogP contribution < -0.4 is 14.8 Å². The number of hydrogen-bond acceptors (Lipinski definition) is 4. The predicted octanol–water partition coefficient (Wildman–Crippen LogP) is 0.863. The molecule has 1 aromatic rings. The maximum Gasteiger partial charge on any atom is 0.213 e. The quantitative estimate of drug-likeness (QED) is 0.814. The number of nitrogens with one attached hydrogen (secondary N) is 1. The molecule has 0 saturated carbocycles. The van der Waals surface area contributed by atoms with Crippen LogP contribution in [0.2, 0.25) is 0 Å². The van der Waals surface area contributed by atoms with E-state index in [-0.39, 0.29) is 12.4 Å². The summed E-state index contributed by atoms with van der Waals surface area (Å²) in [4.78, 5) is 4.04. The second-order valence-electron chi connectivity index (χ2n) is 2.93. The Labute approximate surface area is 89.0 Å². The van der Waals surface area contributed by atoms with Crippen molar-refractivity contribution in [2.45, 2.75) is 6.10 Å². The maximum atomic E-state index is 5.57. The molecule has 0 radical (unpaired) electrons. The van der Waals surface area contributed by atoms with Gasteiger partial charge >= 0.3 is 0 Å². The van der Waals surface area contributed by atoms with E-state index in [4.69, 9.17) is 9.47 Å². The molecule has 0 aromatic carbocycles. The lowest BCUT2D eigenvalue weighted by Gasteiger charge is -2.27. The summed E-state index contributed by atoms with van der Waals surface area (Å²) in [5, 5.41) is 3.13. The summed E-state index contributed by atoms with van der Waals surface area (Å²) < 4.78 is 10.5. The minimum Gasteiger partial charge on any atom is -0.486 e. The van der Waals surface area contributed by atoms with Gasteiger partial charge < -0.3 is 14.8 Å². The highest BCUT2D eigenvalue weighted by Crippen LogP contribution is 2.15. The van der Waals surface area contributed by atoms with Gasteiger partial charge in [-0.25, -0.2) is 4.98 Å². The van der Waals surface area contributed by atoms with Gasteiger partial charge in [-0.3, -0.25) is 0 Å². The summed E-state index contributed by atoms with van der Waals surface area (Å²) >= 11 is 0. The fourth-order valence-corrected chi connectivity index (χ4v) is 1.10. The molecule has 1 saturated heterocycles. The number of nitrogens with zero attached hydrogens (tertiary/aromatic N) is 1. The number of rotatable bonds is 3. The molecular formula is C9H13ClN2O2. The molecule has 1 aromatic heterocycles. The molecule has 1 aliphatic heterocycles. The van der Waals surface area contributed by atoms with Crippen molar-refractivity contribution in [2.75, 3.05) is 20.2 Å². The number of hydrogen-bond donors (Lipinski definition) is 1. The smallest absolute Gasteiger partial charge is 0.213 e. The van der Waals surface area contributed by atoms with Gasteiger partial charge in [0.2, 0.25) is 5.88 Å². The van der Waals surface area contributed by atoms with Crippen LogP contribution in [-0.2, 0) is 0 Å². The van der Waals surface area contributed by atoms with E-state index in [1.165, 1.54) is 0 Å². The van der Waals surface area contributed by atoms with Crippen LogP contribution in [0.15, 0.2) is 18.3 Å². The SMILES string of the molecule is COc1ccc(OC2CNC2)cn1.Cl. The van der Waals surface area contributed by atoms with Gasteiger partial charge in [0.1, 0.15) is 11.9 Å². The van der Waals surface area contributed by atoms with Crippen LogP contribution in [0.1, 0.15) is 0 Å². The minimum absolute atomic E-state index is 0. The lowest BCUT2D eigenvalue weighted by Crippen LogP contribution is -2.50. The molecular weight excluding hydrogens is 204 g/mol. The number of ether oxygens (including phenoxy) is 2. The molecule has 2 heterocycles. The molecule has 5 heteroatoms. The Bertz CT molecular complexity index is 275. The van der Waals surface area contributed by atoms with E-state index in [2.05, 4.69) is 10.3 Å². The fraction of sp³-hybridized carbons (Fsp3) is 0.444. The summed E-state index contributed by atoms with van der Waals surface area (Å²) in [6.07, 6.45) is 1.98. The van der Waals surface area contributed by atoms with Gasteiger partial charge in [0.15, 0.2) is 0 Å². The standard InChI is InChI=1S/C9H12N2O2.ClH/c1-12-9-3-2-7(6-11-9)13-8-4-10-5-8;/h2-3,6,8,10H,4-5H2,1H3;1H. The molecule has 14 heavy (non-hydrogen) atoms. The maximum absolute atomic E-state index is 5.57. The first-order valence-corrected chi connectivity index (χ1v) is 4.26. The van der Waals surface area contributed by atoms with Gasteiger partial charge in [-0.2, -0.15) is 0 Å². The van der Waals surface area contributed by atoms with Crippen LogP contribution in [0, 0.1) is 0 Å². The average molecular weight is 217 g/mol. The summed E-state index contributed by atoms with van der Waals surface area (Å²) in [5.74, 6) is 1.41. The van der Waals surface area contributed by atoms with Crippen molar-refractivity contribution in [3.8, 4) is 11.6 Å². The lowest BCUT2D eigenvalue weighted by atomic mass is 10.2. The minimum atomic E-state index is 0. The summed E-state index contributed by atoms with van der Waals surface area (Å²) in [6, 6.07) is 3.66. The van der Waals surface area contributed by atoms with Gasteiger partial charge in [0.05, 0.1) is 13.3 Å². The molecule has 0 aliphatic carbocycles. The van der Waals surface area contributed by atoms with Crippen molar-refractivity contribution in [1.82, 2.24) is 10.3 Å². The Hall–Kier alpha value is -1.00. The number of methoxy groups -OCH3 is 1. The fourth-order valence-electron chi connectivity index (χ4n) is 1.10. The molecule has 1 N–H and O–H groups in total. The second kappa shape index (κ2) is 5.02. The van der Waals surface area contributed by atoms with Crippen molar-refractivity contribution in [3.05, 3.63) is 18.3 Å². The van der Waals surface area contributed by atoms with Crippen molar-refractivity contribution >= 4 is 12.4 Å². The zero-order valence-corrected chi connectivity index (χ0v) is 8.71. The van der Waals surface area contributed by atoms with Crippen LogP contribution in [0.4, 0.5) is 0 Å². The van der Waals surface area contributed by atoms with Gasteiger partial charge in [-0.05, 0) is 6.07 Å². The highest BCUT2D eigenvalue weighted by atomic mass is 35.5. The topological polar surface area (TPSA) is 43.4 Å². The molecule has 1 aliphatic rings. The first-order chi connectivity index (χ1) is 6.38. The molecule has 78 valence electrons. The van der Waals surface area contributed by atoms with E-state index in [9.17, 15) is 0 Å². The van der Waals surface area contributed by atoms with Crippen LogP contribution >= 0.6 is 12.4 Å². The lowest BCUT2D eigenvalue weighted by molar-refractivity contribution is 0.141. The largest absolute Gasteiger partial charge is 0.486 e. The Kier molecular flexibility index (Phi) is 3.98. The Morgan fingerprint density at radius 3 is 2.64 bits per heavy atom. The van der Waals surface area contributed by atoms with Crippen molar-refractivity contribution in [2.24, 2.45) is 0 Å².